The van der Waals surface area contributed by atoms with Crippen molar-refractivity contribution in [3.8, 4) is 5.75 Å². The third-order valence-corrected chi connectivity index (χ3v) is 6.13. The van der Waals surface area contributed by atoms with E-state index < -0.39 is 21.8 Å². The van der Waals surface area contributed by atoms with Crippen molar-refractivity contribution >= 4 is 21.8 Å². The van der Waals surface area contributed by atoms with E-state index in [0.717, 1.165) is 4.31 Å². The minimum absolute atomic E-state index is 0.0627. The number of ketones is 1. The van der Waals surface area contributed by atoms with Crippen LogP contribution in [0.25, 0.3) is 0 Å². The molecule has 3 rings (SSSR count). The first-order valence-electron chi connectivity index (χ1n) is 8.83. The number of carbonyl (C=O) groups is 2. The van der Waals surface area contributed by atoms with Crippen LogP contribution in [0.4, 0.5) is 4.39 Å². The Morgan fingerprint density at radius 3 is 1.73 bits per heavy atom. The number of rotatable bonds is 6. The average molecular weight is 427 g/mol. The molecule has 0 saturated carbocycles. The molecule has 0 unspecified atom stereocenters. The summed E-state index contributed by atoms with van der Waals surface area (Å²) in [5.41, 5.74) is 0.882. The first-order valence-corrected chi connectivity index (χ1v) is 10.3. The van der Waals surface area contributed by atoms with Gasteiger partial charge in [0.2, 0.25) is 10.0 Å². The summed E-state index contributed by atoms with van der Waals surface area (Å²) in [6.45, 7) is 0. The van der Waals surface area contributed by atoms with Gasteiger partial charge >= 0.3 is 5.97 Å². The van der Waals surface area contributed by atoms with Crippen molar-refractivity contribution in [1.82, 2.24) is 4.31 Å². The molecule has 30 heavy (non-hydrogen) atoms. The highest BCUT2D eigenvalue weighted by Crippen LogP contribution is 2.19. The third kappa shape index (κ3) is 4.61. The summed E-state index contributed by atoms with van der Waals surface area (Å²) in [7, 11) is -0.751. The number of sulfonamides is 1. The number of benzene rings is 3. The second-order valence-corrected chi connectivity index (χ2v) is 8.71. The monoisotopic (exact) mass is 427 g/mol. The van der Waals surface area contributed by atoms with E-state index in [-0.39, 0.29) is 22.0 Å². The highest BCUT2D eigenvalue weighted by Gasteiger charge is 2.18. The lowest BCUT2D eigenvalue weighted by Crippen LogP contribution is -2.22. The maximum Gasteiger partial charge on any atom is 0.343 e. The van der Waals surface area contributed by atoms with Gasteiger partial charge in [-0.15, -0.1) is 0 Å². The summed E-state index contributed by atoms with van der Waals surface area (Å²) in [5, 5.41) is 0. The van der Waals surface area contributed by atoms with Crippen LogP contribution < -0.4 is 4.74 Å². The van der Waals surface area contributed by atoms with Gasteiger partial charge < -0.3 is 4.74 Å². The van der Waals surface area contributed by atoms with E-state index in [4.69, 9.17) is 4.74 Å². The van der Waals surface area contributed by atoms with Gasteiger partial charge in [0.25, 0.3) is 0 Å². The molecule has 154 valence electrons. The summed E-state index contributed by atoms with van der Waals surface area (Å²) in [4.78, 5) is 24.7. The molecule has 0 aromatic heterocycles. The maximum absolute atomic E-state index is 13.0. The minimum atomic E-state index is -3.59. The normalized spacial score (nSPS) is 11.3. The first kappa shape index (κ1) is 21.4. The van der Waals surface area contributed by atoms with E-state index in [1.165, 1.54) is 86.9 Å². The SMILES string of the molecule is CN(C)S(=O)(=O)c1ccc(C(=O)Oc2ccc(C(=O)c3ccc(F)cc3)cc2)cc1. The summed E-state index contributed by atoms with van der Waals surface area (Å²) in [6.07, 6.45) is 0. The van der Waals surface area contributed by atoms with Crippen molar-refractivity contribution in [1.29, 1.82) is 0 Å². The minimum Gasteiger partial charge on any atom is -0.423 e. The van der Waals surface area contributed by atoms with Gasteiger partial charge in [-0.2, -0.15) is 0 Å². The van der Waals surface area contributed by atoms with Crippen molar-refractivity contribution < 1.29 is 27.1 Å². The van der Waals surface area contributed by atoms with E-state index in [1.54, 1.807) is 0 Å². The van der Waals surface area contributed by atoms with Crippen LogP contribution in [0.2, 0.25) is 0 Å². The van der Waals surface area contributed by atoms with Gasteiger partial charge in [-0.05, 0) is 72.8 Å². The van der Waals surface area contributed by atoms with E-state index in [2.05, 4.69) is 0 Å². The van der Waals surface area contributed by atoms with Gasteiger partial charge in [0.05, 0.1) is 10.5 Å². The molecule has 0 atom stereocenters. The fourth-order valence-corrected chi connectivity index (χ4v) is 3.48. The zero-order valence-electron chi connectivity index (χ0n) is 16.2. The topological polar surface area (TPSA) is 80.8 Å². The zero-order chi connectivity index (χ0) is 21.9. The van der Waals surface area contributed by atoms with Gasteiger partial charge in [0.1, 0.15) is 11.6 Å². The molecule has 0 fully saturated rings. The van der Waals surface area contributed by atoms with Crippen molar-refractivity contribution in [3.05, 3.63) is 95.3 Å². The first-order chi connectivity index (χ1) is 14.2. The van der Waals surface area contributed by atoms with Crippen molar-refractivity contribution in [3.63, 3.8) is 0 Å². The van der Waals surface area contributed by atoms with Crippen molar-refractivity contribution in [2.75, 3.05) is 14.1 Å². The molecule has 6 nitrogen and oxygen atoms in total. The van der Waals surface area contributed by atoms with Gasteiger partial charge in [-0.1, -0.05) is 0 Å². The Morgan fingerprint density at radius 1 is 0.767 bits per heavy atom. The fraction of sp³-hybridized carbons (Fsp3) is 0.0909. The molecule has 0 aliphatic carbocycles. The number of nitrogens with zero attached hydrogens (tertiary/aromatic N) is 1. The van der Waals surface area contributed by atoms with Crippen LogP contribution >= 0.6 is 0 Å². The van der Waals surface area contributed by atoms with Crippen molar-refractivity contribution in [2.45, 2.75) is 4.90 Å². The number of ether oxygens (including phenoxy) is 1. The number of carbonyl (C=O) groups excluding carboxylic acids is 2. The zero-order valence-corrected chi connectivity index (χ0v) is 17.0. The predicted molar refractivity (Wildman–Crippen MR) is 109 cm³/mol. The van der Waals surface area contributed by atoms with Crippen LogP contribution in [0.5, 0.6) is 5.75 Å². The molecule has 0 bridgehead atoms. The number of hydrogen-bond acceptors (Lipinski definition) is 5. The highest BCUT2D eigenvalue weighted by atomic mass is 32.2. The summed E-state index contributed by atoms with van der Waals surface area (Å²) in [6, 6.07) is 16.5. The van der Waals surface area contributed by atoms with E-state index in [9.17, 15) is 22.4 Å². The Bertz CT molecular complexity index is 1170. The summed E-state index contributed by atoms with van der Waals surface area (Å²) in [5.74, 6) is -1.16. The fourth-order valence-electron chi connectivity index (χ4n) is 2.58. The molecule has 0 aliphatic rings. The lowest BCUT2D eigenvalue weighted by molar-refractivity contribution is 0.0734. The molecular formula is C22H18FNO5S. The molecule has 8 heteroatoms. The molecule has 3 aromatic rings. The molecule has 3 aromatic carbocycles. The van der Waals surface area contributed by atoms with Gasteiger partial charge in [0.15, 0.2) is 5.78 Å². The Hall–Kier alpha value is -3.36. The molecular weight excluding hydrogens is 409 g/mol. The van der Waals surface area contributed by atoms with E-state index in [1.807, 2.05) is 0 Å². The molecule has 0 aliphatic heterocycles. The van der Waals surface area contributed by atoms with Crippen LogP contribution in [0.15, 0.2) is 77.7 Å². The van der Waals surface area contributed by atoms with Gasteiger partial charge in [-0.3, -0.25) is 4.79 Å². The highest BCUT2D eigenvalue weighted by molar-refractivity contribution is 7.89. The Labute approximate surface area is 173 Å². The Kier molecular flexibility index (Phi) is 6.09. The summed E-state index contributed by atoms with van der Waals surface area (Å²) >= 11 is 0. The van der Waals surface area contributed by atoms with Crippen LogP contribution in [-0.2, 0) is 10.0 Å². The Balaban J connectivity index is 1.70. The standard InChI is InChI=1S/C22H18FNO5S/c1-24(2)30(27,28)20-13-7-17(8-14-20)22(26)29-19-11-5-16(6-12-19)21(25)15-3-9-18(23)10-4-15/h3-14H,1-2H3. The Morgan fingerprint density at radius 2 is 1.23 bits per heavy atom. The van der Waals surface area contributed by atoms with Crippen LogP contribution in [-0.4, -0.2) is 38.6 Å². The maximum atomic E-state index is 13.0. The number of esters is 1. The van der Waals surface area contributed by atoms with Gasteiger partial charge in [0, 0.05) is 25.2 Å². The van der Waals surface area contributed by atoms with E-state index in [0.29, 0.717) is 11.1 Å². The number of hydrogen-bond donors (Lipinski definition) is 0. The lowest BCUT2D eigenvalue weighted by Gasteiger charge is -2.11. The second kappa shape index (κ2) is 8.56. The third-order valence-electron chi connectivity index (χ3n) is 4.30. The second-order valence-electron chi connectivity index (χ2n) is 6.56. The predicted octanol–water partition coefficient (Wildman–Crippen LogP) is 3.53. The number of halogens is 1. The average Bonchev–Trinajstić information content (AvgIpc) is 2.74. The van der Waals surface area contributed by atoms with Gasteiger partial charge in [-0.25, -0.2) is 21.9 Å². The smallest absolute Gasteiger partial charge is 0.343 e. The lowest BCUT2D eigenvalue weighted by atomic mass is 10.0. The summed E-state index contributed by atoms with van der Waals surface area (Å²) < 4.78 is 43.5. The van der Waals surface area contributed by atoms with Crippen molar-refractivity contribution in [2.24, 2.45) is 0 Å². The molecule has 0 saturated heterocycles. The molecule has 0 N–H and O–H groups in total. The molecule has 0 amide bonds. The van der Waals surface area contributed by atoms with Crippen LogP contribution in [0, 0.1) is 5.82 Å². The molecule has 0 spiro atoms. The van der Waals surface area contributed by atoms with E-state index >= 15 is 0 Å². The largest absolute Gasteiger partial charge is 0.423 e. The quantitative estimate of drug-likeness (QED) is 0.342. The van der Waals surface area contributed by atoms with Crippen LogP contribution in [0.1, 0.15) is 26.3 Å². The van der Waals surface area contributed by atoms with Crippen LogP contribution in [0.3, 0.4) is 0 Å². The molecule has 0 heterocycles. The molecule has 0 radical (unpaired) electrons.